The van der Waals surface area contributed by atoms with Crippen LogP contribution in [-0.4, -0.2) is 0 Å². The Morgan fingerprint density at radius 3 is 2.20 bits per heavy atom. The van der Waals surface area contributed by atoms with Gasteiger partial charge in [0.1, 0.15) is 7.05 Å². The lowest BCUT2D eigenvalue weighted by atomic mass is 9.92. The third-order valence-corrected chi connectivity index (χ3v) is 4.79. The third kappa shape index (κ3) is 3.82. The van der Waals surface area contributed by atoms with Crippen LogP contribution in [0.15, 0.2) is 60.8 Å². The van der Waals surface area contributed by atoms with Gasteiger partial charge in [0.15, 0.2) is 6.20 Å². The third-order valence-electron chi connectivity index (χ3n) is 4.79. The Morgan fingerprint density at radius 1 is 0.840 bits per heavy atom. The highest BCUT2D eigenvalue weighted by atomic mass is 14.9. The normalized spacial score (nSPS) is 11.1. The molecule has 0 aliphatic heterocycles. The number of nitrogens with zero attached hydrogens (tertiary/aromatic N) is 1. The number of aryl methyl sites for hydroxylation is 3. The van der Waals surface area contributed by atoms with Crippen molar-refractivity contribution >= 4 is 0 Å². The van der Waals surface area contributed by atoms with E-state index in [9.17, 15) is 0 Å². The van der Waals surface area contributed by atoms with Crippen LogP contribution in [0.4, 0.5) is 0 Å². The Balaban J connectivity index is 2.14. The van der Waals surface area contributed by atoms with E-state index in [1.54, 1.807) is 0 Å². The molecule has 0 aliphatic rings. The zero-order chi connectivity index (χ0) is 18.0. The fourth-order valence-corrected chi connectivity index (χ4v) is 3.54. The van der Waals surface area contributed by atoms with E-state index < -0.39 is 0 Å². The molecule has 0 saturated carbocycles. The molecule has 25 heavy (non-hydrogen) atoms. The van der Waals surface area contributed by atoms with Crippen molar-refractivity contribution < 1.29 is 4.57 Å². The van der Waals surface area contributed by atoms with Gasteiger partial charge in [-0.05, 0) is 60.1 Å². The Kier molecular flexibility index (Phi) is 5.03. The quantitative estimate of drug-likeness (QED) is 0.543. The van der Waals surface area contributed by atoms with Crippen LogP contribution in [0.25, 0.3) is 22.4 Å². The molecular formula is C24H28N+. The van der Waals surface area contributed by atoms with E-state index in [2.05, 4.69) is 100 Å². The zero-order valence-corrected chi connectivity index (χ0v) is 16.0. The molecule has 0 bridgehead atoms. The van der Waals surface area contributed by atoms with Gasteiger partial charge in [-0.2, -0.15) is 0 Å². The van der Waals surface area contributed by atoms with Gasteiger partial charge in [-0.1, -0.05) is 50.2 Å². The van der Waals surface area contributed by atoms with Gasteiger partial charge in [0, 0.05) is 17.7 Å². The minimum Gasteiger partial charge on any atom is -0.201 e. The van der Waals surface area contributed by atoms with Gasteiger partial charge in [0.05, 0.1) is 0 Å². The zero-order valence-electron chi connectivity index (χ0n) is 16.0. The number of benzene rings is 2. The van der Waals surface area contributed by atoms with E-state index in [1.165, 1.54) is 39.1 Å². The molecule has 1 heterocycles. The van der Waals surface area contributed by atoms with Gasteiger partial charge in [-0.3, -0.25) is 0 Å². The van der Waals surface area contributed by atoms with E-state index in [0.29, 0.717) is 5.92 Å². The van der Waals surface area contributed by atoms with Crippen molar-refractivity contribution in [3.05, 3.63) is 77.5 Å². The molecule has 0 fully saturated rings. The summed E-state index contributed by atoms with van der Waals surface area (Å²) in [5, 5.41) is 0. The molecule has 0 amide bonds. The van der Waals surface area contributed by atoms with E-state index in [4.69, 9.17) is 0 Å². The molecule has 0 unspecified atom stereocenters. The summed E-state index contributed by atoms with van der Waals surface area (Å²) >= 11 is 0. The lowest BCUT2D eigenvalue weighted by Gasteiger charge is -2.13. The molecule has 3 aromatic rings. The molecule has 0 saturated heterocycles. The second-order valence-electron chi connectivity index (χ2n) is 7.48. The molecule has 0 radical (unpaired) electrons. The molecule has 1 heteroatoms. The predicted octanol–water partition coefficient (Wildman–Crippen LogP) is 5.66. The van der Waals surface area contributed by atoms with Crippen LogP contribution < -0.4 is 4.57 Å². The van der Waals surface area contributed by atoms with E-state index in [0.717, 1.165) is 6.42 Å². The SMILES string of the molecule is Cc1cc(C)c(-c2cc(CC(C)C)cc[n+]2C)cc1-c1ccccc1. The topological polar surface area (TPSA) is 3.88 Å². The van der Waals surface area contributed by atoms with Crippen molar-refractivity contribution in [2.45, 2.75) is 34.1 Å². The molecule has 0 spiro atoms. The summed E-state index contributed by atoms with van der Waals surface area (Å²) in [6.07, 6.45) is 3.30. The summed E-state index contributed by atoms with van der Waals surface area (Å²) < 4.78 is 2.23. The second-order valence-corrected chi connectivity index (χ2v) is 7.48. The smallest absolute Gasteiger partial charge is 0.201 e. The van der Waals surface area contributed by atoms with Gasteiger partial charge in [0.25, 0.3) is 0 Å². The maximum absolute atomic E-state index is 2.36. The lowest BCUT2D eigenvalue weighted by molar-refractivity contribution is -0.660. The van der Waals surface area contributed by atoms with Crippen LogP contribution in [0.2, 0.25) is 0 Å². The van der Waals surface area contributed by atoms with Crippen molar-refractivity contribution in [1.82, 2.24) is 0 Å². The molecule has 2 aromatic carbocycles. The predicted molar refractivity (Wildman–Crippen MR) is 107 cm³/mol. The first kappa shape index (κ1) is 17.4. The van der Waals surface area contributed by atoms with Crippen LogP contribution in [-0.2, 0) is 13.5 Å². The van der Waals surface area contributed by atoms with Crippen LogP contribution in [0.5, 0.6) is 0 Å². The van der Waals surface area contributed by atoms with Crippen molar-refractivity contribution in [2.75, 3.05) is 0 Å². The monoisotopic (exact) mass is 330 g/mol. The molecule has 0 atom stereocenters. The fraction of sp³-hybridized carbons (Fsp3) is 0.292. The minimum absolute atomic E-state index is 0.666. The molecule has 0 aliphatic carbocycles. The second kappa shape index (κ2) is 7.23. The highest BCUT2D eigenvalue weighted by molar-refractivity contribution is 5.75. The molecule has 0 N–H and O–H groups in total. The van der Waals surface area contributed by atoms with E-state index >= 15 is 0 Å². The van der Waals surface area contributed by atoms with Gasteiger partial charge >= 0.3 is 0 Å². The van der Waals surface area contributed by atoms with E-state index in [1.807, 2.05) is 0 Å². The van der Waals surface area contributed by atoms with E-state index in [-0.39, 0.29) is 0 Å². The Morgan fingerprint density at radius 2 is 1.52 bits per heavy atom. The molecular weight excluding hydrogens is 302 g/mol. The Hall–Kier alpha value is -2.41. The summed E-state index contributed by atoms with van der Waals surface area (Å²) in [7, 11) is 2.13. The molecule has 128 valence electrons. The van der Waals surface area contributed by atoms with Crippen molar-refractivity contribution in [3.8, 4) is 22.4 Å². The average Bonchev–Trinajstić information content (AvgIpc) is 2.57. The molecule has 3 rings (SSSR count). The first-order chi connectivity index (χ1) is 12.0. The Bertz CT molecular complexity index is 876. The first-order valence-electron chi connectivity index (χ1n) is 9.11. The number of hydrogen-bond acceptors (Lipinski definition) is 0. The standard InChI is InChI=1S/C24H28N/c1-17(2)13-20-11-12-25(5)24(15-20)23-16-22(18(3)14-19(23)4)21-9-7-6-8-10-21/h6-12,14-17H,13H2,1-5H3/q+1. The van der Waals surface area contributed by atoms with Gasteiger partial charge in [-0.25, -0.2) is 4.57 Å². The molecule has 1 nitrogen and oxygen atoms in total. The first-order valence-corrected chi connectivity index (χ1v) is 9.11. The maximum Gasteiger partial charge on any atom is 0.212 e. The van der Waals surface area contributed by atoms with Crippen LogP contribution in [0.1, 0.15) is 30.5 Å². The lowest BCUT2D eigenvalue weighted by Crippen LogP contribution is -2.31. The van der Waals surface area contributed by atoms with Gasteiger partial charge in [-0.15, -0.1) is 0 Å². The van der Waals surface area contributed by atoms with Crippen LogP contribution in [0.3, 0.4) is 0 Å². The van der Waals surface area contributed by atoms with Crippen molar-refractivity contribution in [3.63, 3.8) is 0 Å². The molecule has 1 aromatic heterocycles. The largest absolute Gasteiger partial charge is 0.212 e. The fourth-order valence-electron chi connectivity index (χ4n) is 3.54. The number of rotatable bonds is 4. The number of pyridine rings is 1. The van der Waals surface area contributed by atoms with Gasteiger partial charge in [0.2, 0.25) is 5.69 Å². The summed E-state index contributed by atoms with van der Waals surface area (Å²) in [5.41, 5.74) is 9.26. The highest BCUT2D eigenvalue weighted by Gasteiger charge is 2.16. The number of aromatic nitrogens is 1. The summed E-state index contributed by atoms with van der Waals surface area (Å²) in [5.74, 6) is 0.666. The van der Waals surface area contributed by atoms with Crippen LogP contribution >= 0.6 is 0 Å². The number of hydrogen-bond donors (Lipinski definition) is 0. The maximum atomic E-state index is 2.36. The highest BCUT2D eigenvalue weighted by Crippen LogP contribution is 2.31. The average molecular weight is 330 g/mol. The van der Waals surface area contributed by atoms with Crippen LogP contribution in [0, 0.1) is 19.8 Å². The van der Waals surface area contributed by atoms with Crippen molar-refractivity contribution in [1.29, 1.82) is 0 Å². The summed E-state index contributed by atoms with van der Waals surface area (Å²) in [6, 6.07) is 19.9. The van der Waals surface area contributed by atoms with Crippen molar-refractivity contribution in [2.24, 2.45) is 13.0 Å². The Labute approximate surface area is 152 Å². The minimum atomic E-state index is 0.666. The van der Waals surface area contributed by atoms with Gasteiger partial charge < -0.3 is 0 Å². The summed E-state index contributed by atoms with van der Waals surface area (Å²) in [4.78, 5) is 0. The summed E-state index contributed by atoms with van der Waals surface area (Å²) in [6.45, 7) is 8.97.